The van der Waals surface area contributed by atoms with Crippen molar-refractivity contribution in [3.63, 3.8) is 0 Å². The number of hydrogen-bond donors (Lipinski definition) is 0. The molecule has 106 valence electrons. The summed E-state index contributed by atoms with van der Waals surface area (Å²) in [6.07, 6.45) is 0.870. The maximum Gasteiger partial charge on any atom is 0.150 e. The molecule has 0 amide bonds. The van der Waals surface area contributed by atoms with Crippen LogP contribution in [-0.2, 0) is 0 Å². The molecule has 1 aromatic carbocycles. The first kappa shape index (κ1) is 15.9. The Bertz CT molecular complexity index is 382. The van der Waals surface area contributed by atoms with E-state index >= 15 is 0 Å². The van der Waals surface area contributed by atoms with Gasteiger partial charge in [0.25, 0.3) is 0 Å². The second-order valence-corrected chi connectivity index (χ2v) is 5.41. The second kappa shape index (κ2) is 8.08. The van der Waals surface area contributed by atoms with Crippen LogP contribution in [0.1, 0.15) is 29.8 Å². The highest BCUT2D eigenvalue weighted by Gasteiger charge is 2.15. The van der Waals surface area contributed by atoms with Crippen LogP contribution in [0.4, 0.5) is 0 Å². The number of hydrogen-bond acceptors (Lipinski definition) is 3. The molecule has 0 saturated carbocycles. The number of piperazine rings is 1. The van der Waals surface area contributed by atoms with Gasteiger partial charge >= 0.3 is 0 Å². The lowest BCUT2D eigenvalue weighted by Crippen LogP contribution is -2.47. The second-order valence-electron chi connectivity index (χ2n) is 5.41. The van der Waals surface area contributed by atoms with E-state index < -0.39 is 0 Å². The van der Waals surface area contributed by atoms with Gasteiger partial charge in [0.05, 0.1) is 0 Å². The van der Waals surface area contributed by atoms with Crippen LogP contribution in [0.25, 0.3) is 0 Å². The van der Waals surface area contributed by atoms with Gasteiger partial charge in [0.15, 0.2) is 0 Å². The largest absolute Gasteiger partial charge is 0.304 e. The summed E-state index contributed by atoms with van der Waals surface area (Å²) in [6, 6.07) is 8.24. The molecule has 3 nitrogen and oxygen atoms in total. The van der Waals surface area contributed by atoms with Crippen molar-refractivity contribution in [3.8, 4) is 0 Å². The van der Waals surface area contributed by atoms with E-state index in [1.54, 1.807) is 0 Å². The van der Waals surface area contributed by atoms with Crippen molar-refractivity contribution in [2.24, 2.45) is 0 Å². The first-order valence-electron chi connectivity index (χ1n) is 6.98. The molecule has 2 rings (SSSR count). The number of aryl methyl sites for hydroxylation is 1. The molecule has 0 aromatic heterocycles. The molecule has 0 spiro atoms. The standard InChI is InChI=1S/C8H18N2.C8H8O/c1-8(2)10-6-4-9(3)5-7-10;1-7-4-2-3-5-8(7)6-9/h8H,4-7H2,1-3H3;2-6H,1H3. The van der Waals surface area contributed by atoms with Crippen LogP contribution in [0.5, 0.6) is 0 Å². The number of aldehydes is 1. The first-order chi connectivity index (χ1) is 9.04. The summed E-state index contributed by atoms with van der Waals surface area (Å²) >= 11 is 0. The quantitative estimate of drug-likeness (QED) is 0.765. The molecule has 0 radical (unpaired) electrons. The molecule has 1 aromatic rings. The fraction of sp³-hybridized carbons (Fsp3) is 0.562. The van der Waals surface area contributed by atoms with Gasteiger partial charge in [-0.25, -0.2) is 0 Å². The van der Waals surface area contributed by atoms with Gasteiger partial charge in [-0.2, -0.15) is 0 Å². The zero-order valence-electron chi connectivity index (χ0n) is 12.6. The summed E-state index contributed by atoms with van der Waals surface area (Å²) in [5.41, 5.74) is 1.81. The van der Waals surface area contributed by atoms with Crippen molar-refractivity contribution in [2.75, 3.05) is 33.2 Å². The molecule has 1 fully saturated rings. The van der Waals surface area contributed by atoms with E-state index in [0.29, 0.717) is 0 Å². The smallest absolute Gasteiger partial charge is 0.150 e. The van der Waals surface area contributed by atoms with E-state index in [0.717, 1.165) is 23.5 Å². The third kappa shape index (κ3) is 5.53. The van der Waals surface area contributed by atoms with Crippen molar-refractivity contribution in [3.05, 3.63) is 35.4 Å². The van der Waals surface area contributed by atoms with E-state index in [1.807, 2.05) is 31.2 Å². The molecular weight excluding hydrogens is 236 g/mol. The van der Waals surface area contributed by atoms with Crippen molar-refractivity contribution in [2.45, 2.75) is 26.8 Å². The van der Waals surface area contributed by atoms with Gasteiger partial charge in [0.2, 0.25) is 0 Å². The van der Waals surface area contributed by atoms with Crippen LogP contribution in [0.3, 0.4) is 0 Å². The summed E-state index contributed by atoms with van der Waals surface area (Å²) < 4.78 is 0. The number of carbonyl (C=O) groups is 1. The number of rotatable bonds is 2. The summed E-state index contributed by atoms with van der Waals surface area (Å²) in [5, 5.41) is 0. The van der Waals surface area contributed by atoms with Crippen molar-refractivity contribution in [1.82, 2.24) is 9.80 Å². The monoisotopic (exact) mass is 262 g/mol. The fourth-order valence-corrected chi connectivity index (χ4v) is 2.06. The molecule has 0 atom stereocenters. The lowest BCUT2D eigenvalue weighted by atomic mass is 10.1. The molecule has 19 heavy (non-hydrogen) atoms. The van der Waals surface area contributed by atoms with E-state index in [2.05, 4.69) is 30.7 Å². The highest BCUT2D eigenvalue weighted by atomic mass is 16.1. The highest BCUT2D eigenvalue weighted by molar-refractivity contribution is 5.76. The number of benzene rings is 1. The Morgan fingerprint density at radius 1 is 1.11 bits per heavy atom. The summed E-state index contributed by atoms with van der Waals surface area (Å²) in [6.45, 7) is 11.4. The Balaban J connectivity index is 0.000000191. The minimum atomic E-state index is 0.730. The summed E-state index contributed by atoms with van der Waals surface area (Å²) in [4.78, 5) is 15.1. The Labute approximate surface area is 117 Å². The van der Waals surface area contributed by atoms with E-state index in [4.69, 9.17) is 0 Å². The molecule has 1 aliphatic heterocycles. The van der Waals surface area contributed by atoms with Crippen LogP contribution >= 0.6 is 0 Å². The third-order valence-electron chi connectivity index (χ3n) is 3.58. The molecule has 0 N–H and O–H groups in total. The van der Waals surface area contributed by atoms with Crippen LogP contribution in [0, 0.1) is 6.92 Å². The van der Waals surface area contributed by atoms with Gasteiger partial charge in [0.1, 0.15) is 6.29 Å². The van der Waals surface area contributed by atoms with Gasteiger partial charge in [-0.3, -0.25) is 9.69 Å². The zero-order chi connectivity index (χ0) is 14.3. The van der Waals surface area contributed by atoms with Crippen LogP contribution in [0.2, 0.25) is 0 Å². The SMILES string of the molecule is CC(C)N1CCN(C)CC1.Cc1ccccc1C=O. The normalized spacial score (nSPS) is 16.9. The molecule has 0 bridgehead atoms. The average Bonchev–Trinajstić information content (AvgIpc) is 2.40. The van der Waals surface area contributed by atoms with Gasteiger partial charge in [-0.1, -0.05) is 24.3 Å². The van der Waals surface area contributed by atoms with Gasteiger partial charge in [-0.05, 0) is 33.4 Å². The molecule has 1 aliphatic rings. The lowest BCUT2D eigenvalue weighted by Gasteiger charge is -2.34. The van der Waals surface area contributed by atoms with Crippen LogP contribution < -0.4 is 0 Å². The Morgan fingerprint density at radius 3 is 2.11 bits per heavy atom. The lowest BCUT2D eigenvalue weighted by molar-refractivity contribution is 0.112. The van der Waals surface area contributed by atoms with Crippen LogP contribution in [0.15, 0.2) is 24.3 Å². The maximum atomic E-state index is 10.2. The minimum absolute atomic E-state index is 0.730. The van der Waals surface area contributed by atoms with Gasteiger partial charge in [0, 0.05) is 37.8 Å². The Morgan fingerprint density at radius 2 is 1.68 bits per heavy atom. The topological polar surface area (TPSA) is 23.6 Å². The number of nitrogens with zero attached hydrogens (tertiary/aromatic N) is 2. The molecular formula is C16H26N2O. The predicted octanol–water partition coefficient (Wildman–Crippen LogP) is 2.45. The van der Waals surface area contributed by atoms with Crippen molar-refractivity contribution < 1.29 is 4.79 Å². The Kier molecular flexibility index (Phi) is 6.74. The fourth-order valence-electron chi connectivity index (χ4n) is 2.06. The number of likely N-dealkylation sites (N-methyl/N-ethyl adjacent to an activating group) is 1. The molecule has 3 heteroatoms. The summed E-state index contributed by atoms with van der Waals surface area (Å²) in [5.74, 6) is 0. The van der Waals surface area contributed by atoms with Gasteiger partial charge in [-0.15, -0.1) is 0 Å². The van der Waals surface area contributed by atoms with E-state index in [1.165, 1.54) is 26.2 Å². The molecule has 0 aliphatic carbocycles. The predicted molar refractivity (Wildman–Crippen MR) is 80.8 cm³/mol. The zero-order valence-corrected chi connectivity index (χ0v) is 12.6. The Hall–Kier alpha value is -1.19. The molecule has 0 unspecified atom stereocenters. The number of carbonyl (C=O) groups excluding carboxylic acids is 1. The van der Waals surface area contributed by atoms with Crippen molar-refractivity contribution >= 4 is 6.29 Å². The molecule has 1 saturated heterocycles. The minimum Gasteiger partial charge on any atom is -0.304 e. The van der Waals surface area contributed by atoms with Crippen LogP contribution in [-0.4, -0.2) is 55.4 Å². The first-order valence-corrected chi connectivity index (χ1v) is 6.98. The van der Waals surface area contributed by atoms with E-state index in [-0.39, 0.29) is 0 Å². The van der Waals surface area contributed by atoms with Crippen molar-refractivity contribution in [1.29, 1.82) is 0 Å². The average molecular weight is 262 g/mol. The third-order valence-corrected chi connectivity index (χ3v) is 3.58. The van der Waals surface area contributed by atoms with Gasteiger partial charge < -0.3 is 4.90 Å². The summed E-state index contributed by atoms with van der Waals surface area (Å²) in [7, 11) is 2.19. The molecule has 1 heterocycles. The highest BCUT2D eigenvalue weighted by Crippen LogP contribution is 2.03. The maximum absolute atomic E-state index is 10.2. The van der Waals surface area contributed by atoms with E-state index in [9.17, 15) is 4.79 Å².